The topological polar surface area (TPSA) is 146 Å². The lowest BCUT2D eigenvalue weighted by molar-refractivity contribution is -0.139. The number of benzene rings is 2. The van der Waals surface area contributed by atoms with Crippen LogP contribution in [0.15, 0.2) is 51.2 Å². The Bertz CT molecular complexity index is 1330. The minimum atomic E-state index is -0.769. The van der Waals surface area contributed by atoms with E-state index in [2.05, 4.69) is 37.1 Å². The summed E-state index contributed by atoms with van der Waals surface area (Å²) in [6, 6.07) is 7.14. The Kier molecular flexibility index (Phi) is 10.8. The third-order valence-electron chi connectivity index (χ3n) is 5.59. The number of hydrazone groups is 1. The molecule has 40 heavy (non-hydrogen) atoms. The zero-order valence-corrected chi connectivity index (χ0v) is 24.3. The van der Waals surface area contributed by atoms with E-state index in [4.69, 9.17) is 23.7 Å². The molecule has 1 heterocycles. The van der Waals surface area contributed by atoms with Crippen molar-refractivity contribution in [2.75, 3.05) is 34.0 Å². The number of halogens is 1. The molecule has 214 valence electrons. The highest BCUT2D eigenvalue weighted by atomic mass is 79.9. The molecule has 1 aliphatic rings. The van der Waals surface area contributed by atoms with E-state index in [1.165, 1.54) is 20.4 Å². The van der Waals surface area contributed by atoms with Gasteiger partial charge in [0, 0.05) is 5.70 Å². The molecule has 0 spiro atoms. The highest BCUT2D eigenvalue weighted by molar-refractivity contribution is 9.10. The lowest BCUT2D eigenvalue weighted by Crippen LogP contribution is -2.45. The summed E-state index contributed by atoms with van der Waals surface area (Å²) in [4.78, 5) is 37.0. The smallest absolute Gasteiger partial charge is 0.338 e. The normalized spacial score (nSPS) is 14.8. The lowest BCUT2D eigenvalue weighted by atomic mass is 9.95. The number of urea groups is 1. The zero-order chi connectivity index (χ0) is 29.2. The van der Waals surface area contributed by atoms with Gasteiger partial charge in [-0.15, -0.1) is 0 Å². The quantitative estimate of drug-likeness (QED) is 0.186. The summed E-state index contributed by atoms with van der Waals surface area (Å²) in [5.74, 6) is 0.619. The maximum atomic E-state index is 12.6. The van der Waals surface area contributed by atoms with Crippen LogP contribution in [-0.4, -0.2) is 58.2 Å². The van der Waals surface area contributed by atoms with Gasteiger partial charge < -0.3 is 34.3 Å². The zero-order valence-electron chi connectivity index (χ0n) is 22.8. The summed E-state index contributed by atoms with van der Waals surface area (Å²) in [7, 11) is 2.97. The van der Waals surface area contributed by atoms with Gasteiger partial charge in [0.2, 0.25) is 0 Å². The van der Waals surface area contributed by atoms with E-state index in [0.29, 0.717) is 45.2 Å². The van der Waals surface area contributed by atoms with E-state index >= 15 is 0 Å². The maximum absolute atomic E-state index is 12.6. The first kappa shape index (κ1) is 30.3. The van der Waals surface area contributed by atoms with Gasteiger partial charge in [-0.2, -0.15) is 5.10 Å². The fourth-order valence-electron chi connectivity index (χ4n) is 3.86. The van der Waals surface area contributed by atoms with Crippen molar-refractivity contribution < 1.29 is 38.1 Å². The second-order valence-electron chi connectivity index (χ2n) is 8.25. The lowest BCUT2D eigenvalue weighted by Gasteiger charge is -2.28. The molecule has 0 aromatic heterocycles. The summed E-state index contributed by atoms with van der Waals surface area (Å²) >= 11 is 3.44. The number of amides is 3. The molecule has 0 bridgehead atoms. The van der Waals surface area contributed by atoms with Crippen molar-refractivity contribution in [1.29, 1.82) is 0 Å². The molecule has 0 saturated heterocycles. The van der Waals surface area contributed by atoms with Crippen LogP contribution in [0.5, 0.6) is 23.0 Å². The van der Waals surface area contributed by atoms with Gasteiger partial charge in [-0.3, -0.25) is 4.79 Å². The molecule has 2 aromatic carbocycles. The first-order valence-electron chi connectivity index (χ1n) is 12.3. The van der Waals surface area contributed by atoms with E-state index in [0.717, 1.165) is 0 Å². The Morgan fingerprint density at radius 3 is 2.48 bits per heavy atom. The molecule has 2 aromatic rings. The first-order valence-corrected chi connectivity index (χ1v) is 13.1. The van der Waals surface area contributed by atoms with Gasteiger partial charge in [0.25, 0.3) is 5.91 Å². The van der Waals surface area contributed by atoms with Crippen molar-refractivity contribution in [3.8, 4) is 23.0 Å². The predicted molar refractivity (Wildman–Crippen MR) is 150 cm³/mol. The SMILES string of the molecule is CCOC(=O)C1=C(C)NC(=O)N[C@@H]1c1ccc(OCC(=O)N/N=C\c2cc(Br)c(OCC)c(OC)c2)c(OC)c1. The fourth-order valence-corrected chi connectivity index (χ4v) is 4.43. The number of methoxy groups -OCH3 is 2. The highest BCUT2D eigenvalue weighted by Gasteiger charge is 2.32. The average Bonchev–Trinajstić information content (AvgIpc) is 2.92. The number of carbonyl (C=O) groups is 3. The second-order valence-corrected chi connectivity index (χ2v) is 9.10. The van der Waals surface area contributed by atoms with Crippen LogP contribution in [0, 0.1) is 0 Å². The number of nitrogens with zero attached hydrogens (tertiary/aromatic N) is 1. The van der Waals surface area contributed by atoms with Gasteiger partial charge in [-0.05, 0) is 72.1 Å². The highest BCUT2D eigenvalue weighted by Crippen LogP contribution is 2.36. The van der Waals surface area contributed by atoms with E-state index < -0.39 is 23.9 Å². The number of nitrogens with one attached hydrogen (secondary N) is 3. The van der Waals surface area contributed by atoms with E-state index in [-0.39, 0.29) is 24.5 Å². The molecule has 0 aliphatic carbocycles. The van der Waals surface area contributed by atoms with Crippen LogP contribution in [0.25, 0.3) is 0 Å². The molecule has 12 nitrogen and oxygen atoms in total. The molecule has 1 atom stereocenters. The minimum absolute atomic E-state index is 0.185. The molecule has 0 radical (unpaired) electrons. The van der Waals surface area contributed by atoms with Crippen LogP contribution in [0.3, 0.4) is 0 Å². The number of carbonyl (C=O) groups excluding carboxylic acids is 3. The molecule has 3 rings (SSSR count). The number of hydrogen-bond donors (Lipinski definition) is 3. The van der Waals surface area contributed by atoms with Crippen LogP contribution in [0.1, 0.15) is 37.9 Å². The van der Waals surface area contributed by atoms with Gasteiger partial charge in [-0.1, -0.05) is 6.07 Å². The van der Waals surface area contributed by atoms with Crippen LogP contribution in [0.2, 0.25) is 0 Å². The van der Waals surface area contributed by atoms with Crippen molar-refractivity contribution in [2.45, 2.75) is 26.8 Å². The molecular weight excluding hydrogens is 588 g/mol. The minimum Gasteiger partial charge on any atom is -0.493 e. The van der Waals surface area contributed by atoms with Crippen LogP contribution in [-0.2, 0) is 14.3 Å². The number of hydrogen-bond acceptors (Lipinski definition) is 9. The molecule has 3 N–H and O–H groups in total. The molecule has 13 heteroatoms. The van der Waals surface area contributed by atoms with Crippen molar-refractivity contribution in [1.82, 2.24) is 16.1 Å². The Morgan fingerprint density at radius 2 is 1.80 bits per heavy atom. The van der Waals surface area contributed by atoms with Gasteiger partial charge in [0.1, 0.15) is 0 Å². The van der Waals surface area contributed by atoms with Gasteiger partial charge in [-0.25, -0.2) is 15.0 Å². The molecule has 0 fully saturated rings. The van der Waals surface area contributed by atoms with E-state index in [9.17, 15) is 14.4 Å². The summed E-state index contributed by atoms with van der Waals surface area (Å²) < 4.78 is 27.8. The Balaban J connectivity index is 1.68. The summed E-state index contributed by atoms with van der Waals surface area (Å²) in [5, 5.41) is 9.28. The fraction of sp³-hybridized carbons (Fsp3) is 0.333. The van der Waals surface area contributed by atoms with Crippen molar-refractivity contribution in [3.05, 3.63) is 57.2 Å². The predicted octanol–water partition coefficient (Wildman–Crippen LogP) is 3.59. The van der Waals surface area contributed by atoms with Gasteiger partial charge >= 0.3 is 12.0 Å². The first-order chi connectivity index (χ1) is 19.2. The van der Waals surface area contributed by atoms with Crippen LogP contribution in [0.4, 0.5) is 4.79 Å². The number of ether oxygens (including phenoxy) is 5. The van der Waals surface area contributed by atoms with Gasteiger partial charge in [0.05, 0.1) is 49.7 Å². The Hall–Kier alpha value is -4.26. The number of allylic oxidation sites excluding steroid dienone is 1. The van der Waals surface area contributed by atoms with Crippen LogP contribution < -0.4 is 35.0 Å². The monoisotopic (exact) mass is 618 g/mol. The van der Waals surface area contributed by atoms with Crippen molar-refractivity contribution >= 4 is 40.1 Å². The Labute approximate surface area is 240 Å². The van der Waals surface area contributed by atoms with Gasteiger partial charge in [0.15, 0.2) is 29.6 Å². The molecule has 0 unspecified atom stereocenters. The molecule has 3 amide bonds. The summed E-state index contributed by atoms with van der Waals surface area (Å²) in [6.07, 6.45) is 1.46. The second kappa shape index (κ2) is 14.2. The van der Waals surface area contributed by atoms with Crippen molar-refractivity contribution in [3.63, 3.8) is 0 Å². The van der Waals surface area contributed by atoms with E-state index in [1.807, 2.05) is 6.92 Å². The third-order valence-corrected chi connectivity index (χ3v) is 6.18. The standard InChI is InChI=1S/C27H31BrN4O8/c1-6-38-25-18(28)10-16(11-21(25)37-5)13-29-32-22(33)14-40-19-9-8-17(12-20(19)36-4)24-23(26(34)39-7-2)15(3)30-27(35)31-24/h8-13,24H,6-7,14H2,1-5H3,(H,32,33)(H2,30,31,35)/b29-13-/t24-/m1/s1. The molecule has 1 aliphatic heterocycles. The average molecular weight is 619 g/mol. The van der Waals surface area contributed by atoms with Crippen molar-refractivity contribution in [2.24, 2.45) is 5.10 Å². The number of esters is 1. The Morgan fingerprint density at radius 1 is 1.05 bits per heavy atom. The number of rotatable bonds is 12. The van der Waals surface area contributed by atoms with E-state index in [1.54, 1.807) is 44.2 Å². The van der Waals surface area contributed by atoms with Crippen LogP contribution >= 0.6 is 15.9 Å². The summed E-state index contributed by atoms with van der Waals surface area (Å²) in [6.45, 7) is 5.51. The third kappa shape index (κ3) is 7.44. The molecule has 0 saturated carbocycles. The maximum Gasteiger partial charge on any atom is 0.338 e. The summed E-state index contributed by atoms with van der Waals surface area (Å²) in [5.41, 5.74) is 4.29. The largest absolute Gasteiger partial charge is 0.493 e. The molecular formula is C27H31BrN4O8.